The maximum absolute atomic E-state index is 12.3. The van der Waals surface area contributed by atoms with Crippen molar-refractivity contribution < 1.29 is 4.79 Å². The summed E-state index contributed by atoms with van der Waals surface area (Å²) in [5.41, 5.74) is 7.57. The molecule has 1 fully saturated rings. The van der Waals surface area contributed by atoms with E-state index < -0.39 is 0 Å². The van der Waals surface area contributed by atoms with Crippen LogP contribution in [0.4, 0.5) is 0 Å². The average Bonchev–Trinajstić information content (AvgIpc) is 2.40. The van der Waals surface area contributed by atoms with Gasteiger partial charge in [0.25, 0.3) is 5.91 Å². The first-order valence-corrected chi connectivity index (χ1v) is 6.76. The van der Waals surface area contributed by atoms with Crippen LogP contribution in [-0.4, -0.2) is 30.4 Å². The smallest absolute Gasteiger partial charge is 0.253 e. The van der Waals surface area contributed by atoms with Gasteiger partial charge in [-0.25, -0.2) is 0 Å². The molecule has 1 amide bonds. The molecule has 0 bridgehead atoms. The fourth-order valence-corrected chi connectivity index (χ4v) is 2.54. The van der Waals surface area contributed by atoms with Gasteiger partial charge in [-0.1, -0.05) is 17.7 Å². The van der Waals surface area contributed by atoms with Gasteiger partial charge < -0.3 is 10.6 Å². The standard InChI is InChI=1S/C15H22N2O/c1-12-2-4-14(5-3-12)15(18)17-10-7-13(6-9-16)8-11-17/h2-5,13H,6-11,16H2,1H3. The summed E-state index contributed by atoms with van der Waals surface area (Å²) in [6.45, 7) is 4.54. The van der Waals surface area contributed by atoms with Gasteiger partial charge in [-0.3, -0.25) is 4.79 Å². The van der Waals surface area contributed by atoms with Crippen LogP contribution in [0.5, 0.6) is 0 Å². The monoisotopic (exact) mass is 246 g/mol. The first-order valence-electron chi connectivity index (χ1n) is 6.76. The molecule has 3 nitrogen and oxygen atoms in total. The minimum Gasteiger partial charge on any atom is -0.339 e. The largest absolute Gasteiger partial charge is 0.339 e. The molecule has 1 heterocycles. The summed E-state index contributed by atoms with van der Waals surface area (Å²) in [6.07, 6.45) is 3.27. The number of hydrogen-bond donors (Lipinski definition) is 1. The molecule has 18 heavy (non-hydrogen) atoms. The van der Waals surface area contributed by atoms with E-state index in [0.717, 1.165) is 44.5 Å². The third kappa shape index (κ3) is 3.10. The van der Waals surface area contributed by atoms with Crippen LogP contribution < -0.4 is 5.73 Å². The average molecular weight is 246 g/mol. The zero-order valence-electron chi connectivity index (χ0n) is 11.1. The molecule has 0 aromatic heterocycles. The van der Waals surface area contributed by atoms with Crippen LogP contribution in [0.25, 0.3) is 0 Å². The Labute approximate surface area is 109 Å². The van der Waals surface area contributed by atoms with Gasteiger partial charge in [-0.15, -0.1) is 0 Å². The van der Waals surface area contributed by atoms with E-state index in [4.69, 9.17) is 5.73 Å². The van der Waals surface area contributed by atoms with Crippen molar-refractivity contribution in [2.75, 3.05) is 19.6 Å². The second-order valence-electron chi connectivity index (χ2n) is 5.18. The Morgan fingerprint density at radius 1 is 1.28 bits per heavy atom. The minimum atomic E-state index is 0.168. The van der Waals surface area contributed by atoms with Crippen LogP contribution in [-0.2, 0) is 0 Å². The van der Waals surface area contributed by atoms with Gasteiger partial charge in [0.2, 0.25) is 0 Å². The quantitative estimate of drug-likeness (QED) is 0.888. The molecular weight excluding hydrogens is 224 g/mol. The van der Waals surface area contributed by atoms with Crippen LogP contribution in [0.15, 0.2) is 24.3 Å². The number of likely N-dealkylation sites (tertiary alicyclic amines) is 1. The van der Waals surface area contributed by atoms with Gasteiger partial charge in [-0.05, 0) is 50.8 Å². The number of amides is 1. The Morgan fingerprint density at radius 3 is 2.44 bits per heavy atom. The van der Waals surface area contributed by atoms with Crippen LogP contribution in [0.1, 0.15) is 35.2 Å². The molecule has 0 unspecified atom stereocenters. The number of nitrogens with zero attached hydrogens (tertiary/aromatic N) is 1. The van der Waals surface area contributed by atoms with Crippen molar-refractivity contribution in [2.45, 2.75) is 26.2 Å². The molecule has 1 aliphatic rings. The molecule has 2 N–H and O–H groups in total. The minimum absolute atomic E-state index is 0.168. The zero-order chi connectivity index (χ0) is 13.0. The Balaban J connectivity index is 1.93. The summed E-state index contributed by atoms with van der Waals surface area (Å²) in [4.78, 5) is 14.2. The van der Waals surface area contributed by atoms with E-state index in [-0.39, 0.29) is 5.91 Å². The van der Waals surface area contributed by atoms with Gasteiger partial charge in [0.05, 0.1) is 0 Å². The molecule has 1 aliphatic heterocycles. The summed E-state index contributed by atoms with van der Waals surface area (Å²) in [5, 5.41) is 0. The fourth-order valence-electron chi connectivity index (χ4n) is 2.54. The zero-order valence-corrected chi connectivity index (χ0v) is 11.1. The fraction of sp³-hybridized carbons (Fsp3) is 0.533. The molecule has 1 aromatic carbocycles. The predicted octanol–water partition coefficient (Wildman–Crippen LogP) is 2.20. The number of piperidine rings is 1. The number of carbonyl (C=O) groups excluding carboxylic acids is 1. The summed E-state index contributed by atoms with van der Waals surface area (Å²) < 4.78 is 0. The Morgan fingerprint density at radius 2 is 1.89 bits per heavy atom. The summed E-state index contributed by atoms with van der Waals surface area (Å²) in [7, 11) is 0. The van der Waals surface area contributed by atoms with E-state index in [0.29, 0.717) is 5.92 Å². The van der Waals surface area contributed by atoms with Gasteiger partial charge in [0.15, 0.2) is 0 Å². The summed E-state index contributed by atoms with van der Waals surface area (Å²) in [5.74, 6) is 0.873. The van der Waals surface area contributed by atoms with Gasteiger partial charge >= 0.3 is 0 Å². The van der Waals surface area contributed by atoms with Crippen molar-refractivity contribution in [2.24, 2.45) is 11.7 Å². The van der Waals surface area contributed by atoms with Crippen LogP contribution in [0, 0.1) is 12.8 Å². The highest BCUT2D eigenvalue weighted by Gasteiger charge is 2.22. The number of carbonyl (C=O) groups is 1. The third-order valence-electron chi connectivity index (χ3n) is 3.78. The SMILES string of the molecule is Cc1ccc(C(=O)N2CCC(CCN)CC2)cc1. The van der Waals surface area contributed by atoms with Gasteiger partial charge in [-0.2, -0.15) is 0 Å². The van der Waals surface area contributed by atoms with Crippen molar-refractivity contribution >= 4 is 5.91 Å². The highest BCUT2D eigenvalue weighted by atomic mass is 16.2. The lowest BCUT2D eigenvalue weighted by Crippen LogP contribution is -2.38. The van der Waals surface area contributed by atoms with Gasteiger partial charge in [0.1, 0.15) is 0 Å². The summed E-state index contributed by atoms with van der Waals surface area (Å²) >= 11 is 0. The van der Waals surface area contributed by atoms with E-state index in [1.807, 2.05) is 36.1 Å². The normalized spacial score (nSPS) is 16.9. The number of nitrogens with two attached hydrogens (primary N) is 1. The lowest BCUT2D eigenvalue weighted by molar-refractivity contribution is 0.0688. The van der Waals surface area contributed by atoms with Crippen LogP contribution >= 0.6 is 0 Å². The topological polar surface area (TPSA) is 46.3 Å². The molecule has 0 atom stereocenters. The second-order valence-corrected chi connectivity index (χ2v) is 5.18. The van der Waals surface area contributed by atoms with Gasteiger partial charge in [0, 0.05) is 18.7 Å². The third-order valence-corrected chi connectivity index (χ3v) is 3.78. The molecule has 0 radical (unpaired) electrons. The second kappa shape index (κ2) is 6.01. The molecule has 1 saturated heterocycles. The first-order chi connectivity index (χ1) is 8.70. The molecular formula is C15H22N2O. The van der Waals surface area contributed by atoms with E-state index >= 15 is 0 Å². The maximum Gasteiger partial charge on any atom is 0.253 e. The number of rotatable bonds is 3. The number of benzene rings is 1. The molecule has 0 spiro atoms. The Bertz CT molecular complexity index is 391. The van der Waals surface area contributed by atoms with E-state index in [9.17, 15) is 4.79 Å². The first kappa shape index (κ1) is 13.1. The lowest BCUT2D eigenvalue weighted by atomic mass is 9.93. The van der Waals surface area contributed by atoms with Crippen molar-refractivity contribution in [3.8, 4) is 0 Å². The van der Waals surface area contributed by atoms with E-state index in [2.05, 4.69) is 0 Å². The highest BCUT2D eigenvalue weighted by molar-refractivity contribution is 5.94. The van der Waals surface area contributed by atoms with Crippen molar-refractivity contribution in [3.05, 3.63) is 35.4 Å². The predicted molar refractivity (Wildman–Crippen MR) is 73.5 cm³/mol. The highest BCUT2D eigenvalue weighted by Crippen LogP contribution is 2.21. The molecule has 2 rings (SSSR count). The maximum atomic E-state index is 12.3. The van der Waals surface area contributed by atoms with Crippen LogP contribution in [0.2, 0.25) is 0 Å². The molecule has 98 valence electrons. The molecule has 0 saturated carbocycles. The molecule has 3 heteroatoms. The van der Waals surface area contributed by atoms with Crippen molar-refractivity contribution in [1.82, 2.24) is 4.90 Å². The molecule has 0 aliphatic carbocycles. The van der Waals surface area contributed by atoms with Crippen LogP contribution in [0.3, 0.4) is 0 Å². The van der Waals surface area contributed by atoms with Crippen molar-refractivity contribution in [1.29, 1.82) is 0 Å². The Kier molecular flexibility index (Phi) is 4.37. The Hall–Kier alpha value is -1.35. The lowest BCUT2D eigenvalue weighted by Gasteiger charge is -2.32. The van der Waals surface area contributed by atoms with E-state index in [1.165, 1.54) is 5.56 Å². The number of aryl methyl sites for hydroxylation is 1. The summed E-state index contributed by atoms with van der Waals surface area (Å²) in [6, 6.07) is 7.83. The number of hydrogen-bond acceptors (Lipinski definition) is 2. The van der Waals surface area contributed by atoms with Crippen molar-refractivity contribution in [3.63, 3.8) is 0 Å². The molecule has 1 aromatic rings. The van der Waals surface area contributed by atoms with E-state index in [1.54, 1.807) is 0 Å².